The first-order valence-corrected chi connectivity index (χ1v) is 7.29. The average molecular weight is 276 g/mol. The molecule has 110 valence electrons. The molecule has 4 heteroatoms. The third-order valence-electron chi connectivity index (χ3n) is 3.88. The Bertz CT molecular complexity index is 444. The van der Waals surface area contributed by atoms with Crippen LogP contribution in [0.15, 0.2) is 24.3 Å². The largest absolute Gasteiger partial charge is 0.497 e. The van der Waals surface area contributed by atoms with E-state index >= 15 is 0 Å². The van der Waals surface area contributed by atoms with Crippen LogP contribution >= 0.6 is 0 Å². The summed E-state index contributed by atoms with van der Waals surface area (Å²) in [5.41, 5.74) is 1.14. The van der Waals surface area contributed by atoms with Crippen LogP contribution in [0.2, 0.25) is 0 Å². The third kappa shape index (κ3) is 3.73. The molecule has 0 aliphatic carbocycles. The van der Waals surface area contributed by atoms with E-state index in [1.54, 1.807) is 7.11 Å². The van der Waals surface area contributed by atoms with Gasteiger partial charge in [-0.2, -0.15) is 0 Å². The molecule has 1 N–H and O–H groups in total. The molecule has 1 aliphatic rings. The van der Waals surface area contributed by atoms with Crippen molar-refractivity contribution in [3.63, 3.8) is 0 Å². The van der Waals surface area contributed by atoms with Gasteiger partial charge in [0.05, 0.1) is 7.11 Å². The van der Waals surface area contributed by atoms with E-state index in [0.717, 1.165) is 24.3 Å². The Kier molecular flexibility index (Phi) is 5.01. The van der Waals surface area contributed by atoms with E-state index in [4.69, 9.17) is 4.74 Å². The molecule has 2 atom stereocenters. The summed E-state index contributed by atoms with van der Waals surface area (Å²) in [6, 6.07) is 8.66. The summed E-state index contributed by atoms with van der Waals surface area (Å²) in [6.07, 6.45) is 1.70. The molecule has 20 heavy (non-hydrogen) atoms. The molecule has 1 aliphatic heterocycles. The standard InChI is InChI=1S/C16H24N2O2/c1-4-12(2)17-14-9-16(19)18(11-14)10-13-5-7-15(20-3)8-6-13/h5-8,12,14,17H,4,9-11H2,1-3H3. The van der Waals surface area contributed by atoms with Gasteiger partial charge < -0.3 is 15.0 Å². The van der Waals surface area contributed by atoms with E-state index in [1.165, 1.54) is 0 Å². The summed E-state index contributed by atoms with van der Waals surface area (Å²) < 4.78 is 5.14. The smallest absolute Gasteiger partial charge is 0.224 e. The monoisotopic (exact) mass is 276 g/mol. The van der Waals surface area contributed by atoms with Gasteiger partial charge in [0.15, 0.2) is 0 Å². The van der Waals surface area contributed by atoms with Crippen molar-refractivity contribution in [1.29, 1.82) is 0 Å². The van der Waals surface area contributed by atoms with Gasteiger partial charge in [0.25, 0.3) is 0 Å². The lowest BCUT2D eigenvalue weighted by molar-refractivity contribution is -0.128. The number of amides is 1. The maximum absolute atomic E-state index is 12.0. The Hall–Kier alpha value is -1.55. The summed E-state index contributed by atoms with van der Waals surface area (Å²) in [5, 5.41) is 3.51. The SMILES string of the molecule is CCC(C)NC1CC(=O)N(Cc2ccc(OC)cc2)C1. The lowest BCUT2D eigenvalue weighted by Crippen LogP contribution is -2.38. The molecule has 2 rings (SSSR count). The fraction of sp³-hybridized carbons (Fsp3) is 0.562. The van der Waals surface area contributed by atoms with Gasteiger partial charge in [-0.25, -0.2) is 0 Å². The zero-order valence-corrected chi connectivity index (χ0v) is 12.6. The number of likely N-dealkylation sites (tertiary alicyclic amines) is 1. The number of carbonyl (C=O) groups is 1. The molecule has 2 unspecified atom stereocenters. The second-order valence-corrected chi connectivity index (χ2v) is 5.50. The minimum absolute atomic E-state index is 0.238. The Morgan fingerprint density at radius 2 is 2.10 bits per heavy atom. The van der Waals surface area contributed by atoms with Gasteiger partial charge in [-0.15, -0.1) is 0 Å². The van der Waals surface area contributed by atoms with E-state index in [1.807, 2.05) is 29.2 Å². The Morgan fingerprint density at radius 1 is 1.40 bits per heavy atom. The number of rotatable bonds is 6. The molecule has 1 saturated heterocycles. The summed E-state index contributed by atoms with van der Waals surface area (Å²) in [6.45, 7) is 5.80. The van der Waals surface area contributed by atoms with Crippen LogP contribution in [0.3, 0.4) is 0 Å². The molecule has 0 saturated carbocycles. The minimum Gasteiger partial charge on any atom is -0.497 e. The summed E-state index contributed by atoms with van der Waals surface area (Å²) >= 11 is 0. The van der Waals surface area contributed by atoms with Gasteiger partial charge in [0.2, 0.25) is 5.91 Å². The summed E-state index contributed by atoms with van der Waals surface area (Å²) in [5.74, 6) is 1.08. The normalized spacial score (nSPS) is 20.2. The number of carbonyl (C=O) groups excluding carboxylic acids is 1. The molecule has 1 amide bonds. The van der Waals surface area contributed by atoms with Gasteiger partial charge in [-0.1, -0.05) is 19.1 Å². The van der Waals surface area contributed by atoms with Crippen LogP contribution in [-0.2, 0) is 11.3 Å². The summed E-state index contributed by atoms with van der Waals surface area (Å²) in [7, 11) is 1.66. The predicted octanol–water partition coefficient (Wildman–Crippen LogP) is 2.18. The van der Waals surface area contributed by atoms with Crippen molar-refractivity contribution in [1.82, 2.24) is 10.2 Å². The highest BCUT2D eigenvalue weighted by atomic mass is 16.5. The molecule has 0 aromatic heterocycles. The Balaban J connectivity index is 1.91. The lowest BCUT2D eigenvalue weighted by atomic mass is 10.2. The maximum atomic E-state index is 12.0. The maximum Gasteiger partial charge on any atom is 0.224 e. The first kappa shape index (κ1) is 14.9. The van der Waals surface area contributed by atoms with Crippen LogP contribution in [0.25, 0.3) is 0 Å². The van der Waals surface area contributed by atoms with E-state index < -0.39 is 0 Å². The first-order valence-electron chi connectivity index (χ1n) is 7.29. The zero-order chi connectivity index (χ0) is 14.5. The molecule has 1 fully saturated rings. The molecular weight excluding hydrogens is 252 g/mol. The Morgan fingerprint density at radius 3 is 2.70 bits per heavy atom. The van der Waals surface area contributed by atoms with Crippen molar-refractivity contribution in [2.24, 2.45) is 0 Å². The van der Waals surface area contributed by atoms with Crippen molar-refractivity contribution in [3.8, 4) is 5.75 Å². The number of hydrogen-bond acceptors (Lipinski definition) is 3. The van der Waals surface area contributed by atoms with Gasteiger partial charge >= 0.3 is 0 Å². The van der Waals surface area contributed by atoms with E-state index in [9.17, 15) is 4.79 Å². The summed E-state index contributed by atoms with van der Waals surface area (Å²) in [4.78, 5) is 14.0. The van der Waals surface area contributed by atoms with Gasteiger partial charge in [0, 0.05) is 31.6 Å². The molecule has 1 heterocycles. The number of hydrogen-bond donors (Lipinski definition) is 1. The van der Waals surface area contributed by atoms with Crippen molar-refractivity contribution in [2.75, 3.05) is 13.7 Å². The molecule has 0 radical (unpaired) electrons. The molecule has 1 aromatic rings. The second kappa shape index (κ2) is 6.75. The van der Waals surface area contributed by atoms with Gasteiger partial charge in [0.1, 0.15) is 5.75 Å². The molecule has 4 nitrogen and oxygen atoms in total. The van der Waals surface area contributed by atoms with Crippen LogP contribution in [-0.4, -0.2) is 36.5 Å². The molecule has 1 aromatic carbocycles. The fourth-order valence-corrected chi connectivity index (χ4v) is 2.51. The van der Waals surface area contributed by atoms with Gasteiger partial charge in [-0.3, -0.25) is 4.79 Å². The van der Waals surface area contributed by atoms with Crippen LogP contribution in [0.4, 0.5) is 0 Å². The molecule has 0 bridgehead atoms. The van der Waals surface area contributed by atoms with Crippen LogP contribution in [0.5, 0.6) is 5.75 Å². The Labute approximate surface area is 121 Å². The minimum atomic E-state index is 0.238. The average Bonchev–Trinajstić information content (AvgIpc) is 2.79. The fourth-order valence-electron chi connectivity index (χ4n) is 2.51. The van der Waals surface area contributed by atoms with Crippen molar-refractivity contribution >= 4 is 5.91 Å². The topological polar surface area (TPSA) is 41.6 Å². The second-order valence-electron chi connectivity index (χ2n) is 5.50. The highest BCUT2D eigenvalue weighted by Gasteiger charge is 2.29. The van der Waals surface area contributed by atoms with Crippen LogP contribution in [0.1, 0.15) is 32.3 Å². The quantitative estimate of drug-likeness (QED) is 0.866. The molecular formula is C16H24N2O2. The van der Waals surface area contributed by atoms with Crippen molar-refractivity contribution < 1.29 is 9.53 Å². The lowest BCUT2D eigenvalue weighted by Gasteiger charge is -2.19. The number of benzene rings is 1. The predicted molar refractivity (Wildman–Crippen MR) is 79.7 cm³/mol. The number of methoxy groups -OCH3 is 1. The van der Waals surface area contributed by atoms with Crippen LogP contribution in [0, 0.1) is 0 Å². The number of nitrogens with one attached hydrogen (secondary N) is 1. The highest BCUT2D eigenvalue weighted by molar-refractivity contribution is 5.79. The zero-order valence-electron chi connectivity index (χ0n) is 12.6. The first-order chi connectivity index (χ1) is 9.62. The highest BCUT2D eigenvalue weighted by Crippen LogP contribution is 2.18. The number of ether oxygens (including phenoxy) is 1. The van der Waals surface area contributed by atoms with Gasteiger partial charge in [-0.05, 0) is 31.0 Å². The van der Waals surface area contributed by atoms with Crippen LogP contribution < -0.4 is 10.1 Å². The van der Waals surface area contributed by atoms with Crippen molar-refractivity contribution in [2.45, 2.75) is 45.3 Å². The van der Waals surface area contributed by atoms with E-state index in [-0.39, 0.29) is 11.9 Å². The van der Waals surface area contributed by atoms with Crippen molar-refractivity contribution in [3.05, 3.63) is 29.8 Å². The van der Waals surface area contributed by atoms with E-state index in [2.05, 4.69) is 19.2 Å². The van der Waals surface area contributed by atoms with E-state index in [0.29, 0.717) is 19.0 Å². The molecule has 0 spiro atoms. The number of nitrogens with zero attached hydrogens (tertiary/aromatic N) is 1. The third-order valence-corrected chi connectivity index (χ3v) is 3.88.